The number of pyridine rings is 1. The third-order valence-corrected chi connectivity index (χ3v) is 4.08. The maximum absolute atomic E-state index is 5.26. The fraction of sp³-hybridized carbons (Fsp3) is 0.462. The van der Waals surface area contributed by atoms with Crippen LogP contribution in [-0.4, -0.2) is 29.6 Å². The number of aromatic nitrogens is 2. The molecule has 0 radical (unpaired) electrons. The lowest BCUT2D eigenvalue weighted by molar-refractivity contribution is 0.414. The highest BCUT2D eigenvalue weighted by Crippen LogP contribution is 2.29. The van der Waals surface area contributed by atoms with Gasteiger partial charge in [0.1, 0.15) is 16.2 Å². The highest BCUT2D eigenvalue weighted by atomic mass is 79.9. The van der Waals surface area contributed by atoms with Crippen molar-refractivity contribution in [2.24, 2.45) is 0 Å². The molecule has 96 valence electrons. The zero-order chi connectivity index (χ0) is 12.5. The fourth-order valence-corrected chi connectivity index (χ4v) is 3.03. The number of fused-ring (bicyclic) bond motifs is 1. The molecule has 3 rings (SSSR count). The largest absolute Gasteiger partial charge is 0.497 e. The molecule has 0 spiro atoms. The van der Waals surface area contributed by atoms with Gasteiger partial charge in [-0.15, -0.1) is 0 Å². The molecule has 0 aromatic carbocycles. The van der Waals surface area contributed by atoms with E-state index < -0.39 is 0 Å². The predicted molar refractivity (Wildman–Crippen MR) is 74.3 cm³/mol. The van der Waals surface area contributed by atoms with Gasteiger partial charge in [0.05, 0.1) is 12.6 Å². The molecule has 0 aliphatic carbocycles. The Bertz CT molecular complexity index is 561. The molecule has 3 heterocycles. The average Bonchev–Trinajstić information content (AvgIpc) is 2.77. The molecular weight excluding hydrogens is 294 g/mol. The zero-order valence-electron chi connectivity index (χ0n) is 10.3. The van der Waals surface area contributed by atoms with Crippen LogP contribution >= 0.6 is 15.9 Å². The van der Waals surface area contributed by atoms with Gasteiger partial charge in [0.15, 0.2) is 0 Å². The molecule has 1 N–H and O–H groups in total. The summed E-state index contributed by atoms with van der Waals surface area (Å²) in [6.45, 7) is 2.13. The van der Waals surface area contributed by atoms with Gasteiger partial charge in [-0.05, 0) is 41.4 Å². The summed E-state index contributed by atoms with van der Waals surface area (Å²) in [6.07, 6.45) is 4.45. The second kappa shape index (κ2) is 4.90. The fourth-order valence-electron chi connectivity index (χ4n) is 2.54. The number of imidazole rings is 1. The number of nitrogens with one attached hydrogen (secondary N) is 1. The van der Waals surface area contributed by atoms with Gasteiger partial charge < -0.3 is 14.5 Å². The molecular formula is C13H16BrN3O. The number of rotatable bonds is 2. The van der Waals surface area contributed by atoms with Crippen molar-refractivity contribution in [3.63, 3.8) is 0 Å². The van der Waals surface area contributed by atoms with E-state index in [9.17, 15) is 0 Å². The third kappa shape index (κ3) is 2.01. The normalized spacial score (nSPS) is 20.2. The van der Waals surface area contributed by atoms with E-state index >= 15 is 0 Å². The van der Waals surface area contributed by atoms with Crippen molar-refractivity contribution in [1.82, 2.24) is 14.7 Å². The van der Waals surface area contributed by atoms with Crippen LogP contribution in [0.25, 0.3) is 5.52 Å². The topological polar surface area (TPSA) is 38.6 Å². The average molecular weight is 310 g/mol. The van der Waals surface area contributed by atoms with Gasteiger partial charge in [-0.1, -0.05) is 0 Å². The van der Waals surface area contributed by atoms with Crippen LogP contribution in [-0.2, 0) is 0 Å². The summed E-state index contributed by atoms with van der Waals surface area (Å²) in [5, 5.41) is 3.44. The second-order valence-electron chi connectivity index (χ2n) is 4.63. The van der Waals surface area contributed by atoms with Crippen molar-refractivity contribution in [2.45, 2.75) is 18.8 Å². The Labute approximate surface area is 114 Å². The van der Waals surface area contributed by atoms with Crippen molar-refractivity contribution < 1.29 is 4.74 Å². The molecule has 2 aromatic rings. The van der Waals surface area contributed by atoms with Crippen LogP contribution in [0.1, 0.15) is 24.6 Å². The molecule has 1 atom stereocenters. The molecule has 1 unspecified atom stereocenters. The van der Waals surface area contributed by atoms with Gasteiger partial charge in [0.2, 0.25) is 0 Å². The Morgan fingerprint density at radius 1 is 1.56 bits per heavy atom. The number of ether oxygens (including phenoxy) is 1. The van der Waals surface area contributed by atoms with E-state index in [2.05, 4.69) is 30.6 Å². The molecule has 0 saturated carbocycles. The molecule has 1 saturated heterocycles. The van der Waals surface area contributed by atoms with E-state index in [1.165, 1.54) is 12.8 Å². The summed E-state index contributed by atoms with van der Waals surface area (Å²) in [5.74, 6) is 2.48. The van der Waals surface area contributed by atoms with Gasteiger partial charge in [-0.2, -0.15) is 0 Å². The van der Waals surface area contributed by atoms with Crippen LogP contribution in [0.5, 0.6) is 5.75 Å². The predicted octanol–water partition coefficient (Wildman–Crippen LogP) is 2.57. The van der Waals surface area contributed by atoms with Crippen LogP contribution in [0.4, 0.5) is 0 Å². The highest BCUT2D eigenvalue weighted by Gasteiger charge is 2.21. The van der Waals surface area contributed by atoms with Crippen molar-refractivity contribution in [2.75, 3.05) is 20.2 Å². The molecule has 2 aromatic heterocycles. The maximum Gasteiger partial charge on any atom is 0.132 e. The summed E-state index contributed by atoms with van der Waals surface area (Å²) >= 11 is 3.54. The first kappa shape index (κ1) is 12.0. The number of piperidine rings is 1. The first-order chi connectivity index (χ1) is 8.79. The summed E-state index contributed by atoms with van der Waals surface area (Å²) in [6, 6.07) is 3.98. The SMILES string of the molecule is COc1ccn2c(C3CCCNC3)nc(Br)c2c1. The van der Waals surface area contributed by atoms with Crippen molar-refractivity contribution in [1.29, 1.82) is 0 Å². The summed E-state index contributed by atoms with van der Waals surface area (Å²) in [5.41, 5.74) is 1.06. The Hall–Kier alpha value is -1.07. The standard InChI is InChI=1S/C13H16BrN3O/c1-18-10-4-6-17-11(7-10)12(14)16-13(17)9-3-2-5-15-8-9/h4,6-7,9,15H,2-3,5,8H2,1H3. The van der Waals surface area contributed by atoms with Crippen molar-refractivity contribution >= 4 is 21.4 Å². The van der Waals surface area contributed by atoms with E-state index in [4.69, 9.17) is 4.74 Å². The van der Waals surface area contributed by atoms with E-state index in [0.717, 1.165) is 34.8 Å². The zero-order valence-corrected chi connectivity index (χ0v) is 11.9. The number of hydrogen-bond donors (Lipinski definition) is 1. The second-order valence-corrected chi connectivity index (χ2v) is 5.38. The van der Waals surface area contributed by atoms with Gasteiger partial charge in [-0.3, -0.25) is 0 Å². The highest BCUT2D eigenvalue weighted by molar-refractivity contribution is 9.10. The minimum Gasteiger partial charge on any atom is -0.497 e. The Morgan fingerprint density at radius 2 is 2.44 bits per heavy atom. The van der Waals surface area contributed by atoms with E-state index in [1.807, 2.05) is 18.3 Å². The van der Waals surface area contributed by atoms with Gasteiger partial charge >= 0.3 is 0 Å². The van der Waals surface area contributed by atoms with Crippen LogP contribution < -0.4 is 10.1 Å². The number of hydrogen-bond acceptors (Lipinski definition) is 3. The molecule has 1 aliphatic rings. The number of nitrogens with zero attached hydrogens (tertiary/aromatic N) is 2. The van der Waals surface area contributed by atoms with E-state index in [-0.39, 0.29) is 0 Å². The van der Waals surface area contributed by atoms with Gasteiger partial charge in [-0.25, -0.2) is 4.98 Å². The van der Waals surface area contributed by atoms with Gasteiger partial charge in [0, 0.05) is 24.7 Å². The molecule has 1 fully saturated rings. The number of halogens is 1. The molecule has 18 heavy (non-hydrogen) atoms. The minimum absolute atomic E-state index is 0.492. The van der Waals surface area contributed by atoms with Crippen LogP contribution in [0.15, 0.2) is 22.9 Å². The van der Waals surface area contributed by atoms with E-state index in [1.54, 1.807) is 7.11 Å². The Morgan fingerprint density at radius 3 is 3.17 bits per heavy atom. The van der Waals surface area contributed by atoms with Crippen LogP contribution in [0.2, 0.25) is 0 Å². The smallest absolute Gasteiger partial charge is 0.132 e. The lowest BCUT2D eigenvalue weighted by Gasteiger charge is -2.21. The minimum atomic E-state index is 0.492. The molecule has 1 aliphatic heterocycles. The molecule has 0 amide bonds. The number of methoxy groups -OCH3 is 1. The third-order valence-electron chi connectivity index (χ3n) is 3.50. The summed E-state index contributed by atoms with van der Waals surface area (Å²) < 4.78 is 8.31. The quantitative estimate of drug-likeness (QED) is 0.926. The van der Waals surface area contributed by atoms with Crippen molar-refractivity contribution in [3.05, 3.63) is 28.8 Å². The van der Waals surface area contributed by atoms with Crippen molar-refractivity contribution in [3.8, 4) is 5.75 Å². The first-order valence-corrected chi connectivity index (χ1v) is 7.01. The molecule has 5 heteroatoms. The summed E-state index contributed by atoms with van der Waals surface area (Å²) in [4.78, 5) is 4.67. The molecule has 0 bridgehead atoms. The lowest BCUT2D eigenvalue weighted by Crippen LogP contribution is -2.29. The van der Waals surface area contributed by atoms with Crippen LogP contribution in [0.3, 0.4) is 0 Å². The van der Waals surface area contributed by atoms with Crippen LogP contribution in [0, 0.1) is 0 Å². The Kier molecular flexibility index (Phi) is 3.26. The maximum atomic E-state index is 5.26. The lowest BCUT2D eigenvalue weighted by atomic mass is 9.99. The first-order valence-electron chi connectivity index (χ1n) is 6.22. The van der Waals surface area contributed by atoms with Gasteiger partial charge in [0.25, 0.3) is 0 Å². The van der Waals surface area contributed by atoms with E-state index in [0.29, 0.717) is 5.92 Å². The molecule has 4 nitrogen and oxygen atoms in total. The Balaban J connectivity index is 2.07. The summed E-state index contributed by atoms with van der Waals surface area (Å²) in [7, 11) is 1.68. The monoisotopic (exact) mass is 309 g/mol.